The van der Waals surface area contributed by atoms with Crippen molar-refractivity contribution in [3.8, 4) is 0 Å². The average molecular weight is 503 g/mol. The van der Waals surface area contributed by atoms with E-state index in [1.165, 1.54) is 6.42 Å². The quantitative estimate of drug-likeness (QED) is 0.450. The fourth-order valence-corrected chi connectivity index (χ4v) is 5.63. The predicted molar refractivity (Wildman–Crippen MR) is 139 cm³/mol. The first kappa shape index (κ1) is 26.6. The molecule has 2 atom stereocenters. The van der Waals surface area contributed by atoms with Crippen LogP contribution in [-0.4, -0.2) is 81.6 Å². The molecule has 0 bridgehead atoms. The van der Waals surface area contributed by atoms with Crippen molar-refractivity contribution in [1.29, 1.82) is 0 Å². The molecule has 0 spiro atoms. The lowest BCUT2D eigenvalue weighted by Crippen LogP contribution is -2.58. The summed E-state index contributed by atoms with van der Waals surface area (Å²) in [6.07, 6.45) is 9.16. The maximum absolute atomic E-state index is 12.7. The minimum atomic E-state index is -0.932. The van der Waals surface area contributed by atoms with Gasteiger partial charge in [-0.05, 0) is 77.3 Å². The van der Waals surface area contributed by atoms with E-state index in [0.29, 0.717) is 44.2 Å². The van der Waals surface area contributed by atoms with Crippen LogP contribution in [0.3, 0.4) is 0 Å². The van der Waals surface area contributed by atoms with Gasteiger partial charge in [0.15, 0.2) is 0 Å². The van der Waals surface area contributed by atoms with Gasteiger partial charge in [-0.1, -0.05) is 0 Å². The summed E-state index contributed by atoms with van der Waals surface area (Å²) in [6.45, 7) is 6.03. The molecule has 200 valence electrons. The summed E-state index contributed by atoms with van der Waals surface area (Å²) in [5, 5.41) is 6.41. The van der Waals surface area contributed by atoms with Crippen LogP contribution in [0, 0.1) is 5.92 Å². The van der Waals surface area contributed by atoms with Crippen molar-refractivity contribution in [3.05, 3.63) is 22.7 Å². The van der Waals surface area contributed by atoms with E-state index in [4.69, 9.17) is 11.5 Å². The second kappa shape index (κ2) is 11.3. The van der Waals surface area contributed by atoms with Crippen molar-refractivity contribution in [2.75, 3.05) is 38.0 Å². The molecule has 3 fully saturated rings. The molecule has 11 nitrogen and oxygen atoms in total. The van der Waals surface area contributed by atoms with Gasteiger partial charge in [-0.15, -0.1) is 0 Å². The van der Waals surface area contributed by atoms with Crippen LogP contribution in [-0.2, 0) is 4.79 Å². The summed E-state index contributed by atoms with van der Waals surface area (Å²) in [6, 6.07) is 2.40. The van der Waals surface area contributed by atoms with Gasteiger partial charge in [0.05, 0.1) is 5.54 Å². The molecule has 11 heteroatoms. The normalized spacial score (nSPS) is 27.2. The summed E-state index contributed by atoms with van der Waals surface area (Å²) < 4.78 is 1.70. The summed E-state index contributed by atoms with van der Waals surface area (Å²) in [5.74, 6) is 0.749. The Balaban J connectivity index is 1.23. The van der Waals surface area contributed by atoms with Gasteiger partial charge in [0, 0.05) is 50.5 Å². The molecule has 1 saturated heterocycles. The molecule has 0 unspecified atom stereocenters. The molecule has 1 aromatic heterocycles. The molecular formula is C25H42N8O3. The number of nitrogens with two attached hydrogens (primary N) is 2. The fourth-order valence-electron chi connectivity index (χ4n) is 5.63. The fraction of sp³-hybridized carbons (Fsp3) is 0.760. The largest absolute Gasteiger partial charge is 0.349 e. The van der Waals surface area contributed by atoms with Gasteiger partial charge in [-0.3, -0.25) is 14.7 Å². The minimum Gasteiger partial charge on any atom is -0.338 e. The van der Waals surface area contributed by atoms with Crippen molar-refractivity contribution in [3.63, 3.8) is 0 Å². The number of carbonyl (C=O) groups is 2. The predicted octanol–water partition coefficient (Wildman–Crippen LogP) is 0.857. The van der Waals surface area contributed by atoms with Crippen LogP contribution >= 0.6 is 0 Å². The molecule has 3 aliphatic rings. The van der Waals surface area contributed by atoms with Crippen molar-refractivity contribution in [2.45, 2.75) is 82.5 Å². The lowest BCUT2D eigenvalue weighted by Gasteiger charge is -2.37. The zero-order valence-electron chi connectivity index (χ0n) is 21.6. The third kappa shape index (κ3) is 6.63. The lowest BCUT2D eigenvalue weighted by molar-refractivity contribution is -0.137. The SMILES string of the molecule is CC(C)(N)C(=O)N1CCN(C(=O)Nc2ccn(C3CCC(CN[C@H]4CC[C@H](N)C4)CC3)c(=O)n2)CC1. The molecule has 4 rings (SSSR count). The van der Waals surface area contributed by atoms with Crippen LogP contribution in [0.5, 0.6) is 0 Å². The van der Waals surface area contributed by atoms with Gasteiger partial charge < -0.3 is 26.6 Å². The van der Waals surface area contributed by atoms with Crippen molar-refractivity contribution < 1.29 is 9.59 Å². The highest BCUT2D eigenvalue weighted by atomic mass is 16.2. The van der Waals surface area contributed by atoms with E-state index in [2.05, 4.69) is 15.6 Å². The molecule has 0 aromatic carbocycles. The number of aromatic nitrogens is 2. The van der Waals surface area contributed by atoms with E-state index in [0.717, 1.165) is 45.1 Å². The van der Waals surface area contributed by atoms with Crippen molar-refractivity contribution in [2.24, 2.45) is 17.4 Å². The molecule has 3 amide bonds. The van der Waals surface area contributed by atoms with Gasteiger partial charge in [0.25, 0.3) is 0 Å². The van der Waals surface area contributed by atoms with E-state index < -0.39 is 5.54 Å². The Morgan fingerprint density at radius 3 is 2.31 bits per heavy atom. The molecule has 2 heterocycles. The monoisotopic (exact) mass is 502 g/mol. The highest BCUT2D eigenvalue weighted by Crippen LogP contribution is 2.31. The van der Waals surface area contributed by atoms with Crippen LogP contribution in [0.1, 0.15) is 64.8 Å². The summed E-state index contributed by atoms with van der Waals surface area (Å²) in [7, 11) is 0. The maximum Gasteiger partial charge on any atom is 0.349 e. The second-order valence-electron chi connectivity index (χ2n) is 11.3. The number of anilines is 1. The zero-order valence-corrected chi connectivity index (χ0v) is 21.6. The first-order valence-corrected chi connectivity index (χ1v) is 13.3. The smallest absolute Gasteiger partial charge is 0.338 e. The topological polar surface area (TPSA) is 152 Å². The zero-order chi connectivity index (χ0) is 25.9. The molecule has 1 aromatic rings. The molecule has 36 heavy (non-hydrogen) atoms. The number of rotatable bonds is 6. The molecular weight excluding hydrogens is 460 g/mol. The number of urea groups is 1. The van der Waals surface area contributed by atoms with E-state index in [1.54, 1.807) is 40.5 Å². The van der Waals surface area contributed by atoms with Gasteiger partial charge in [-0.25, -0.2) is 9.59 Å². The summed E-state index contributed by atoms with van der Waals surface area (Å²) in [4.78, 5) is 45.1. The maximum atomic E-state index is 12.7. The minimum absolute atomic E-state index is 0.128. The standard InChI is InChI=1S/C25H42N8O3/c1-25(2,27)22(34)31-11-13-32(14-12-31)23(35)29-21-9-10-33(24(36)30-21)20-7-3-17(4-8-20)16-28-19-6-5-18(26)15-19/h9-10,17-20,28H,3-8,11-16,26-27H2,1-2H3,(H,29,30,35,36)/t17?,18-,19-,20?/m0/s1. The molecule has 2 saturated carbocycles. The Kier molecular flexibility index (Phi) is 8.31. The number of amides is 3. The molecule has 1 aliphatic heterocycles. The Bertz CT molecular complexity index is 974. The van der Waals surface area contributed by atoms with Crippen LogP contribution in [0.4, 0.5) is 10.6 Å². The average Bonchev–Trinajstić information content (AvgIpc) is 3.27. The number of nitrogens with zero attached hydrogens (tertiary/aromatic N) is 4. The number of carbonyl (C=O) groups excluding carboxylic acids is 2. The molecule has 0 radical (unpaired) electrons. The number of piperazine rings is 1. The highest BCUT2D eigenvalue weighted by Gasteiger charge is 2.31. The van der Waals surface area contributed by atoms with Crippen molar-refractivity contribution >= 4 is 17.8 Å². The lowest BCUT2D eigenvalue weighted by atomic mass is 9.85. The number of hydrogen-bond acceptors (Lipinski definition) is 7. The van der Waals surface area contributed by atoms with Gasteiger partial charge in [-0.2, -0.15) is 4.98 Å². The van der Waals surface area contributed by atoms with Crippen LogP contribution < -0.4 is 27.8 Å². The Morgan fingerprint density at radius 1 is 1.06 bits per heavy atom. The highest BCUT2D eigenvalue weighted by molar-refractivity contribution is 5.89. The second-order valence-corrected chi connectivity index (χ2v) is 11.3. The Hall–Kier alpha value is -2.50. The van der Waals surface area contributed by atoms with Crippen LogP contribution in [0.25, 0.3) is 0 Å². The van der Waals surface area contributed by atoms with Gasteiger partial charge in [0.2, 0.25) is 5.91 Å². The summed E-state index contributed by atoms with van der Waals surface area (Å²) >= 11 is 0. The number of hydrogen-bond donors (Lipinski definition) is 4. The van der Waals surface area contributed by atoms with Crippen molar-refractivity contribution in [1.82, 2.24) is 24.7 Å². The van der Waals surface area contributed by atoms with Crippen LogP contribution in [0.15, 0.2) is 17.1 Å². The van der Waals surface area contributed by atoms with Gasteiger partial charge >= 0.3 is 11.7 Å². The van der Waals surface area contributed by atoms with Gasteiger partial charge in [0.1, 0.15) is 5.82 Å². The first-order valence-electron chi connectivity index (χ1n) is 13.3. The first-order chi connectivity index (χ1) is 17.1. The van der Waals surface area contributed by atoms with E-state index >= 15 is 0 Å². The van der Waals surface area contributed by atoms with E-state index in [9.17, 15) is 14.4 Å². The third-order valence-electron chi connectivity index (χ3n) is 7.85. The molecule has 6 N–H and O–H groups in total. The number of nitrogens with one attached hydrogen (secondary N) is 2. The Labute approximate surface area is 213 Å². The van der Waals surface area contributed by atoms with E-state index in [-0.39, 0.29) is 29.5 Å². The van der Waals surface area contributed by atoms with E-state index in [1.807, 2.05) is 0 Å². The third-order valence-corrected chi connectivity index (χ3v) is 7.85. The Morgan fingerprint density at radius 2 is 1.72 bits per heavy atom. The van der Waals surface area contributed by atoms with Crippen LogP contribution in [0.2, 0.25) is 0 Å². The summed E-state index contributed by atoms with van der Waals surface area (Å²) in [5.41, 5.74) is 10.6. The molecule has 2 aliphatic carbocycles.